The van der Waals surface area contributed by atoms with Gasteiger partial charge in [-0.25, -0.2) is 0 Å². The molecule has 1 aromatic carbocycles. The summed E-state index contributed by atoms with van der Waals surface area (Å²) in [6, 6.07) is 8.30. The number of rotatable bonds is 2. The summed E-state index contributed by atoms with van der Waals surface area (Å²) in [5.74, 6) is 0.924. The number of allylic oxidation sites excluding steroid dienone is 4. The third-order valence-corrected chi connectivity index (χ3v) is 2.50. The maximum absolute atomic E-state index is 5.80. The fraction of sp³-hybridized carbons (Fsp3) is 0.312. The Bertz CT molecular complexity index is 430. The highest BCUT2D eigenvalue weighted by atomic mass is 16.5. The van der Waals surface area contributed by atoms with Crippen LogP contribution in [0.4, 0.5) is 0 Å². The fourth-order valence-electron chi connectivity index (χ4n) is 1.80. The van der Waals surface area contributed by atoms with Crippen molar-refractivity contribution < 1.29 is 4.74 Å². The predicted molar refractivity (Wildman–Crippen MR) is 72.9 cm³/mol. The molecule has 1 aromatic rings. The van der Waals surface area contributed by atoms with Gasteiger partial charge in [0.05, 0.1) is 0 Å². The van der Waals surface area contributed by atoms with Gasteiger partial charge in [-0.15, -0.1) is 0 Å². The van der Waals surface area contributed by atoms with Gasteiger partial charge in [0.25, 0.3) is 0 Å². The number of hydrogen-bond donors (Lipinski definition) is 0. The van der Waals surface area contributed by atoms with E-state index in [4.69, 9.17) is 4.74 Å². The molecule has 0 unspecified atom stereocenters. The van der Waals surface area contributed by atoms with Gasteiger partial charge in [-0.3, -0.25) is 0 Å². The summed E-state index contributed by atoms with van der Waals surface area (Å²) in [6.07, 6.45) is 9.66. The lowest BCUT2D eigenvalue weighted by molar-refractivity contribution is 0.131. The average Bonchev–Trinajstić information content (AvgIpc) is 2.29. The molecule has 1 aliphatic carbocycles. The molecule has 0 spiro atoms. The Hall–Kier alpha value is -1.50. The molecule has 89 valence electrons. The van der Waals surface area contributed by atoms with E-state index in [1.165, 1.54) is 11.1 Å². The van der Waals surface area contributed by atoms with E-state index in [1.807, 2.05) is 12.1 Å². The van der Waals surface area contributed by atoms with E-state index in [1.54, 1.807) is 0 Å². The van der Waals surface area contributed by atoms with Crippen LogP contribution in [0.3, 0.4) is 0 Å². The van der Waals surface area contributed by atoms with Gasteiger partial charge in [-0.05, 0) is 56.9 Å². The minimum atomic E-state index is -0.138. The SMILES string of the molecule is CC(C)(C)Oc1ccc(C2=CC=CC[CH]2)cc1. The van der Waals surface area contributed by atoms with Crippen molar-refractivity contribution in [2.24, 2.45) is 0 Å². The zero-order valence-electron chi connectivity index (χ0n) is 10.7. The smallest absolute Gasteiger partial charge is 0.120 e. The minimum Gasteiger partial charge on any atom is -0.488 e. The molecule has 0 heterocycles. The molecule has 1 heteroatoms. The predicted octanol–water partition coefficient (Wildman–Crippen LogP) is 4.41. The summed E-state index contributed by atoms with van der Waals surface area (Å²) in [5.41, 5.74) is 2.39. The number of ether oxygens (including phenoxy) is 1. The second-order valence-corrected chi connectivity index (χ2v) is 5.23. The molecule has 2 rings (SSSR count). The van der Waals surface area contributed by atoms with Gasteiger partial charge in [0.1, 0.15) is 11.4 Å². The lowest BCUT2D eigenvalue weighted by Crippen LogP contribution is -2.22. The Morgan fingerprint density at radius 1 is 1.06 bits per heavy atom. The van der Waals surface area contributed by atoms with Crippen LogP contribution in [0.15, 0.2) is 42.5 Å². The van der Waals surface area contributed by atoms with E-state index in [9.17, 15) is 0 Å². The third-order valence-electron chi connectivity index (χ3n) is 2.50. The van der Waals surface area contributed by atoms with Crippen LogP contribution < -0.4 is 4.74 Å². The topological polar surface area (TPSA) is 9.23 Å². The third kappa shape index (κ3) is 3.48. The van der Waals surface area contributed by atoms with Crippen molar-refractivity contribution in [2.45, 2.75) is 32.8 Å². The first-order valence-corrected chi connectivity index (χ1v) is 6.04. The van der Waals surface area contributed by atoms with Crippen LogP contribution >= 0.6 is 0 Å². The minimum absolute atomic E-state index is 0.138. The summed E-state index contributed by atoms with van der Waals surface area (Å²) in [7, 11) is 0. The molecule has 0 N–H and O–H groups in total. The second kappa shape index (κ2) is 4.79. The normalized spacial score (nSPS) is 15.6. The quantitative estimate of drug-likeness (QED) is 0.727. The average molecular weight is 227 g/mol. The molecule has 1 radical (unpaired) electrons. The zero-order chi connectivity index (χ0) is 12.3. The van der Waals surface area contributed by atoms with Crippen LogP contribution in [0.2, 0.25) is 0 Å². The molecule has 0 saturated carbocycles. The molecule has 1 nitrogen and oxygen atoms in total. The van der Waals surface area contributed by atoms with Crippen LogP contribution in [0.1, 0.15) is 32.8 Å². The van der Waals surface area contributed by atoms with E-state index in [2.05, 4.69) is 57.6 Å². The number of benzene rings is 1. The summed E-state index contributed by atoms with van der Waals surface area (Å²) in [4.78, 5) is 0. The second-order valence-electron chi connectivity index (χ2n) is 5.23. The molecule has 0 aromatic heterocycles. The highest BCUT2D eigenvalue weighted by Gasteiger charge is 2.11. The van der Waals surface area contributed by atoms with Crippen molar-refractivity contribution in [3.05, 3.63) is 54.5 Å². The Kier molecular flexibility index (Phi) is 3.37. The van der Waals surface area contributed by atoms with Gasteiger partial charge in [-0.1, -0.05) is 30.4 Å². The molecular formula is C16H19O. The first kappa shape index (κ1) is 12.0. The Balaban J connectivity index is 2.13. The highest BCUT2D eigenvalue weighted by molar-refractivity contribution is 5.74. The first-order valence-electron chi connectivity index (χ1n) is 6.04. The Morgan fingerprint density at radius 3 is 2.29 bits per heavy atom. The van der Waals surface area contributed by atoms with E-state index < -0.39 is 0 Å². The maximum atomic E-state index is 5.80. The molecule has 0 aliphatic heterocycles. The van der Waals surface area contributed by atoms with Gasteiger partial charge in [0.2, 0.25) is 0 Å². The Morgan fingerprint density at radius 2 is 1.76 bits per heavy atom. The van der Waals surface area contributed by atoms with Gasteiger partial charge in [0.15, 0.2) is 0 Å². The fourth-order valence-corrected chi connectivity index (χ4v) is 1.80. The first-order chi connectivity index (χ1) is 8.04. The van der Waals surface area contributed by atoms with Crippen LogP contribution in [0, 0.1) is 6.42 Å². The monoisotopic (exact) mass is 227 g/mol. The summed E-state index contributed by atoms with van der Waals surface area (Å²) in [5, 5.41) is 0. The van der Waals surface area contributed by atoms with E-state index in [0.717, 1.165) is 12.2 Å². The molecular weight excluding hydrogens is 208 g/mol. The van der Waals surface area contributed by atoms with Crippen molar-refractivity contribution >= 4 is 5.57 Å². The lowest BCUT2D eigenvalue weighted by Gasteiger charge is -2.21. The molecule has 0 amide bonds. The summed E-state index contributed by atoms with van der Waals surface area (Å²) >= 11 is 0. The zero-order valence-corrected chi connectivity index (χ0v) is 10.7. The molecule has 0 bridgehead atoms. The molecule has 17 heavy (non-hydrogen) atoms. The lowest BCUT2D eigenvalue weighted by atomic mass is 9.97. The van der Waals surface area contributed by atoms with Crippen LogP contribution in [0.25, 0.3) is 5.57 Å². The summed E-state index contributed by atoms with van der Waals surface area (Å²) in [6.45, 7) is 6.18. The number of hydrogen-bond acceptors (Lipinski definition) is 1. The molecule has 1 aliphatic rings. The van der Waals surface area contributed by atoms with E-state index in [0.29, 0.717) is 0 Å². The standard InChI is InChI=1S/C16H19O/c1-16(2,3)17-15-11-9-14(10-12-15)13-7-5-4-6-8-13/h4-5,7-12H,6H2,1-3H3. The highest BCUT2D eigenvalue weighted by Crippen LogP contribution is 2.25. The molecule has 0 atom stereocenters. The van der Waals surface area contributed by atoms with Crippen molar-refractivity contribution in [1.82, 2.24) is 0 Å². The summed E-state index contributed by atoms with van der Waals surface area (Å²) < 4.78 is 5.80. The van der Waals surface area contributed by atoms with E-state index >= 15 is 0 Å². The molecule has 0 saturated heterocycles. The van der Waals surface area contributed by atoms with E-state index in [-0.39, 0.29) is 5.60 Å². The van der Waals surface area contributed by atoms with Crippen LogP contribution in [-0.2, 0) is 0 Å². The Labute approximate surface area is 104 Å². The van der Waals surface area contributed by atoms with Crippen molar-refractivity contribution in [3.8, 4) is 5.75 Å². The largest absolute Gasteiger partial charge is 0.488 e. The van der Waals surface area contributed by atoms with Crippen LogP contribution in [0.5, 0.6) is 5.75 Å². The van der Waals surface area contributed by atoms with Gasteiger partial charge in [0, 0.05) is 0 Å². The van der Waals surface area contributed by atoms with Crippen molar-refractivity contribution in [1.29, 1.82) is 0 Å². The van der Waals surface area contributed by atoms with Gasteiger partial charge < -0.3 is 4.74 Å². The molecule has 0 fully saturated rings. The van der Waals surface area contributed by atoms with Gasteiger partial charge >= 0.3 is 0 Å². The maximum Gasteiger partial charge on any atom is 0.120 e. The van der Waals surface area contributed by atoms with Crippen molar-refractivity contribution in [2.75, 3.05) is 0 Å². The van der Waals surface area contributed by atoms with Crippen molar-refractivity contribution in [3.63, 3.8) is 0 Å². The van der Waals surface area contributed by atoms with Gasteiger partial charge in [-0.2, -0.15) is 0 Å². The van der Waals surface area contributed by atoms with Crippen LogP contribution in [-0.4, -0.2) is 5.60 Å².